The summed E-state index contributed by atoms with van der Waals surface area (Å²) in [4.78, 5) is 12.2. The molecule has 116 valence electrons. The minimum Gasteiger partial charge on any atom is -0.357 e. The molecular formula is C16H19N3OS2. The molecule has 0 unspecified atom stereocenters. The van der Waals surface area contributed by atoms with Crippen molar-refractivity contribution in [3.05, 3.63) is 35.4 Å². The number of benzene rings is 1. The zero-order valence-corrected chi connectivity index (χ0v) is 14.3. The molecule has 4 nitrogen and oxygen atoms in total. The average molecular weight is 333 g/mol. The minimum absolute atomic E-state index is 0.132. The van der Waals surface area contributed by atoms with E-state index in [0.29, 0.717) is 17.7 Å². The van der Waals surface area contributed by atoms with Gasteiger partial charge in [0.05, 0.1) is 5.75 Å². The highest BCUT2D eigenvalue weighted by Crippen LogP contribution is 2.30. The van der Waals surface area contributed by atoms with Crippen LogP contribution in [0.3, 0.4) is 0 Å². The number of nitrogens with one attached hydrogen (secondary N) is 1. The molecule has 0 radical (unpaired) electrons. The minimum atomic E-state index is 0.132. The fraction of sp³-hybridized carbons (Fsp3) is 0.438. The van der Waals surface area contributed by atoms with Gasteiger partial charge in [-0.3, -0.25) is 4.79 Å². The standard InChI is InChI=1S/C16H19N3OS2/c1-10(2)11-3-5-12(6-4-11)14(20)9-21-16-19-18-15(22-16)17-13-7-8-13/h3-6,10,13H,7-9H2,1-2H3,(H,17,18). The van der Waals surface area contributed by atoms with Gasteiger partial charge in [0, 0.05) is 11.6 Å². The second-order valence-electron chi connectivity index (χ2n) is 5.78. The Morgan fingerprint density at radius 3 is 2.68 bits per heavy atom. The predicted octanol–water partition coefficient (Wildman–Crippen LogP) is 4.21. The van der Waals surface area contributed by atoms with Crippen molar-refractivity contribution in [2.75, 3.05) is 11.1 Å². The van der Waals surface area contributed by atoms with E-state index < -0.39 is 0 Å². The number of hydrogen-bond donors (Lipinski definition) is 1. The summed E-state index contributed by atoms with van der Waals surface area (Å²) in [6.07, 6.45) is 2.43. The summed E-state index contributed by atoms with van der Waals surface area (Å²) in [6.45, 7) is 4.30. The van der Waals surface area contributed by atoms with Gasteiger partial charge in [-0.25, -0.2) is 0 Å². The molecule has 3 rings (SSSR count). The molecule has 1 aromatic heterocycles. The van der Waals surface area contributed by atoms with Crippen molar-refractivity contribution in [1.29, 1.82) is 0 Å². The van der Waals surface area contributed by atoms with Crippen LogP contribution in [0.2, 0.25) is 0 Å². The zero-order valence-electron chi connectivity index (χ0n) is 12.7. The molecule has 1 fully saturated rings. The first-order chi connectivity index (χ1) is 10.6. The van der Waals surface area contributed by atoms with Crippen molar-refractivity contribution in [2.45, 2.75) is 43.0 Å². The Morgan fingerprint density at radius 1 is 1.32 bits per heavy atom. The number of ketones is 1. The third kappa shape index (κ3) is 4.08. The Morgan fingerprint density at radius 2 is 2.05 bits per heavy atom. The number of nitrogens with zero attached hydrogens (tertiary/aromatic N) is 2. The van der Waals surface area contributed by atoms with Crippen LogP contribution in [0, 0.1) is 0 Å². The number of carbonyl (C=O) groups is 1. The highest BCUT2D eigenvalue weighted by Gasteiger charge is 2.22. The second kappa shape index (κ2) is 6.79. The number of rotatable bonds is 7. The van der Waals surface area contributed by atoms with Gasteiger partial charge in [0.25, 0.3) is 0 Å². The van der Waals surface area contributed by atoms with Crippen molar-refractivity contribution in [3.8, 4) is 0 Å². The topological polar surface area (TPSA) is 54.9 Å². The third-order valence-corrected chi connectivity index (χ3v) is 5.53. The normalized spacial score (nSPS) is 14.3. The molecule has 0 bridgehead atoms. The number of anilines is 1. The fourth-order valence-corrected chi connectivity index (χ4v) is 3.72. The molecule has 6 heteroatoms. The molecule has 0 amide bonds. The lowest BCUT2D eigenvalue weighted by Crippen LogP contribution is -2.02. The van der Waals surface area contributed by atoms with E-state index in [0.717, 1.165) is 15.0 Å². The Hall–Kier alpha value is -1.40. The van der Waals surface area contributed by atoms with Crippen LogP contribution >= 0.6 is 23.1 Å². The zero-order chi connectivity index (χ0) is 15.5. The van der Waals surface area contributed by atoms with Gasteiger partial charge in [0.15, 0.2) is 10.1 Å². The van der Waals surface area contributed by atoms with Crippen molar-refractivity contribution in [3.63, 3.8) is 0 Å². The molecule has 0 spiro atoms. The summed E-state index contributed by atoms with van der Waals surface area (Å²) >= 11 is 2.98. The maximum absolute atomic E-state index is 12.2. The molecular weight excluding hydrogens is 314 g/mol. The van der Waals surface area contributed by atoms with Gasteiger partial charge in [0.2, 0.25) is 5.13 Å². The van der Waals surface area contributed by atoms with Crippen LogP contribution in [0.1, 0.15) is 48.5 Å². The van der Waals surface area contributed by atoms with Gasteiger partial charge in [-0.2, -0.15) is 0 Å². The molecule has 1 N–H and O–H groups in total. The maximum atomic E-state index is 12.2. The summed E-state index contributed by atoms with van der Waals surface area (Å²) in [5, 5.41) is 12.4. The van der Waals surface area contributed by atoms with Crippen LogP contribution in [-0.4, -0.2) is 27.8 Å². The molecule has 1 heterocycles. The molecule has 1 aromatic carbocycles. The first-order valence-electron chi connectivity index (χ1n) is 7.48. The van der Waals surface area contributed by atoms with E-state index in [4.69, 9.17) is 0 Å². The summed E-state index contributed by atoms with van der Waals surface area (Å²) in [5.74, 6) is 1.02. The Balaban J connectivity index is 1.53. The van der Waals surface area contributed by atoms with Crippen molar-refractivity contribution in [2.24, 2.45) is 0 Å². The van der Waals surface area contributed by atoms with Crippen LogP contribution in [0.4, 0.5) is 5.13 Å². The molecule has 22 heavy (non-hydrogen) atoms. The largest absolute Gasteiger partial charge is 0.357 e. The van der Waals surface area contributed by atoms with Crippen LogP contribution in [0.25, 0.3) is 0 Å². The molecule has 0 aliphatic heterocycles. The van der Waals surface area contributed by atoms with Gasteiger partial charge in [-0.05, 0) is 24.3 Å². The maximum Gasteiger partial charge on any atom is 0.206 e. The van der Waals surface area contributed by atoms with Gasteiger partial charge in [0.1, 0.15) is 0 Å². The summed E-state index contributed by atoms with van der Waals surface area (Å²) in [5.41, 5.74) is 2.02. The van der Waals surface area contributed by atoms with E-state index in [9.17, 15) is 4.79 Å². The van der Waals surface area contributed by atoms with Gasteiger partial charge >= 0.3 is 0 Å². The number of Topliss-reactive ketones (excluding diaryl/α,β-unsaturated/α-hetero) is 1. The molecule has 1 saturated carbocycles. The van der Waals surface area contributed by atoms with Crippen LogP contribution in [0.5, 0.6) is 0 Å². The smallest absolute Gasteiger partial charge is 0.206 e. The number of aromatic nitrogens is 2. The van der Waals surface area contributed by atoms with E-state index in [2.05, 4.69) is 29.4 Å². The number of thioether (sulfide) groups is 1. The van der Waals surface area contributed by atoms with Crippen LogP contribution < -0.4 is 5.32 Å². The highest BCUT2D eigenvalue weighted by atomic mass is 32.2. The predicted molar refractivity (Wildman–Crippen MR) is 92.1 cm³/mol. The monoisotopic (exact) mass is 333 g/mol. The lowest BCUT2D eigenvalue weighted by atomic mass is 10.0. The van der Waals surface area contributed by atoms with Gasteiger partial charge in [-0.1, -0.05) is 61.2 Å². The van der Waals surface area contributed by atoms with Crippen LogP contribution in [0.15, 0.2) is 28.6 Å². The summed E-state index contributed by atoms with van der Waals surface area (Å²) in [6, 6.07) is 8.47. The summed E-state index contributed by atoms with van der Waals surface area (Å²) < 4.78 is 0.843. The van der Waals surface area contributed by atoms with E-state index in [1.54, 1.807) is 0 Å². The molecule has 1 aliphatic carbocycles. The quantitative estimate of drug-likeness (QED) is 0.607. The van der Waals surface area contributed by atoms with Crippen molar-refractivity contribution >= 4 is 34.0 Å². The van der Waals surface area contributed by atoms with E-state index >= 15 is 0 Å². The Kier molecular flexibility index (Phi) is 4.78. The first kappa shape index (κ1) is 15.5. The SMILES string of the molecule is CC(C)c1ccc(C(=O)CSc2nnc(NC3CC3)s2)cc1. The number of hydrogen-bond acceptors (Lipinski definition) is 6. The third-order valence-electron chi connectivity index (χ3n) is 3.54. The Labute approximate surface area is 138 Å². The van der Waals surface area contributed by atoms with Crippen molar-refractivity contribution in [1.82, 2.24) is 10.2 Å². The molecule has 1 aliphatic rings. The highest BCUT2D eigenvalue weighted by molar-refractivity contribution is 8.01. The van der Waals surface area contributed by atoms with Crippen LogP contribution in [-0.2, 0) is 0 Å². The lowest BCUT2D eigenvalue weighted by molar-refractivity contribution is 0.102. The summed E-state index contributed by atoms with van der Waals surface area (Å²) in [7, 11) is 0. The van der Waals surface area contributed by atoms with E-state index in [-0.39, 0.29) is 5.78 Å². The molecule has 0 atom stereocenters. The van der Waals surface area contributed by atoms with Crippen molar-refractivity contribution < 1.29 is 4.79 Å². The lowest BCUT2D eigenvalue weighted by Gasteiger charge is -2.05. The van der Waals surface area contributed by atoms with E-state index in [1.165, 1.54) is 41.5 Å². The Bertz CT molecular complexity index is 648. The van der Waals surface area contributed by atoms with Gasteiger partial charge < -0.3 is 5.32 Å². The second-order valence-corrected chi connectivity index (χ2v) is 7.98. The number of carbonyl (C=O) groups excluding carboxylic acids is 1. The average Bonchev–Trinajstić information content (AvgIpc) is 3.22. The first-order valence-corrected chi connectivity index (χ1v) is 9.28. The molecule has 0 saturated heterocycles. The van der Waals surface area contributed by atoms with E-state index in [1.807, 2.05) is 24.3 Å². The molecule has 2 aromatic rings. The van der Waals surface area contributed by atoms with Gasteiger partial charge in [-0.15, -0.1) is 10.2 Å². The fourth-order valence-electron chi connectivity index (χ4n) is 1.99.